The van der Waals surface area contributed by atoms with E-state index in [1.54, 1.807) is 18.2 Å². The third-order valence-electron chi connectivity index (χ3n) is 3.18. The quantitative estimate of drug-likeness (QED) is 0.364. The van der Waals surface area contributed by atoms with E-state index in [0.717, 1.165) is 0 Å². The fraction of sp³-hybridized carbons (Fsp3) is 0.176. The molecule has 0 aromatic heterocycles. The van der Waals surface area contributed by atoms with Gasteiger partial charge in [-0.05, 0) is 56.4 Å². The van der Waals surface area contributed by atoms with Gasteiger partial charge in [-0.2, -0.15) is 0 Å². The van der Waals surface area contributed by atoms with Crippen molar-refractivity contribution >= 4 is 62.1 Å². The number of thiocarbonyl (C=S) groups is 1. The van der Waals surface area contributed by atoms with Crippen molar-refractivity contribution in [2.75, 3.05) is 5.32 Å². The van der Waals surface area contributed by atoms with Gasteiger partial charge in [-0.3, -0.25) is 20.2 Å². The summed E-state index contributed by atoms with van der Waals surface area (Å²) in [6.45, 7) is 3.70. The van der Waals surface area contributed by atoms with Gasteiger partial charge in [-0.15, -0.1) is 0 Å². The smallest absolute Gasteiger partial charge is 0.289 e. The number of nitrogens with zero attached hydrogens (tertiary/aromatic N) is 1. The Morgan fingerprint density at radius 1 is 1.30 bits per heavy atom. The maximum atomic E-state index is 12.6. The van der Waals surface area contributed by atoms with E-state index >= 15 is 0 Å². The largest absolute Gasteiger partial charge is 0.490 e. The first-order valence-corrected chi connectivity index (χ1v) is 9.27. The summed E-state index contributed by atoms with van der Waals surface area (Å²) in [4.78, 5) is 22.9. The van der Waals surface area contributed by atoms with Gasteiger partial charge in [-0.25, -0.2) is 0 Å². The molecule has 10 heteroatoms. The molecule has 0 atom stereocenters. The minimum Gasteiger partial charge on any atom is -0.490 e. The van der Waals surface area contributed by atoms with E-state index in [4.69, 9.17) is 28.6 Å². The molecule has 2 aromatic rings. The first-order chi connectivity index (χ1) is 12.7. The number of benzene rings is 2. The highest BCUT2D eigenvalue weighted by atomic mass is 79.9. The van der Waals surface area contributed by atoms with Crippen LogP contribution in [0.1, 0.15) is 24.2 Å². The van der Waals surface area contributed by atoms with E-state index in [-0.39, 0.29) is 21.9 Å². The SMILES string of the molecule is CC(C)Oc1ccc(Br)cc1C(=O)NC(=S)Nc1ccc(Cl)c([N+](=O)[O-])c1. The molecule has 7 nitrogen and oxygen atoms in total. The summed E-state index contributed by atoms with van der Waals surface area (Å²) in [5, 5.41) is 16.2. The van der Waals surface area contributed by atoms with Crippen molar-refractivity contribution in [3.63, 3.8) is 0 Å². The fourth-order valence-corrected chi connectivity index (χ4v) is 2.86. The van der Waals surface area contributed by atoms with Gasteiger partial charge in [0.2, 0.25) is 0 Å². The molecule has 0 radical (unpaired) electrons. The van der Waals surface area contributed by atoms with Crippen molar-refractivity contribution in [3.8, 4) is 5.75 Å². The number of rotatable bonds is 5. The van der Waals surface area contributed by atoms with Gasteiger partial charge in [-0.1, -0.05) is 27.5 Å². The molecule has 2 N–H and O–H groups in total. The van der Waals surface area contributed by atoms with Crippen LogP contribution in [0.3, 0.4) is 0 Å². The van der Waals surface area contributed by atoms with Crippen LogP contribution >= 0.6 is 39.7 Å². The Kier molecular flexibility index (Phi) is 7.11. The predicted octanol–water partition coefficient (Wildman–Crippen LogP) is 4.92. The molecular formula is C17H15BrClN3O4S. The van der Waals surface area contributed by atoms with Gasteiger partial charge in [0.15, 0.2) is 5.11 Å². The average molecular weight is 473 g/mol. The highest BCUT2D eigenvalue weighted by molar-refractivity contribution is 9.10. The molecule has 0 saturated carbocycles. The predicted molar refractivity (Wildman–Crippen MR) is 112 cm³/mol. The van der Waals surface area contributed by atoms with Gasteiger partial charge in [0.25, 0.3) is 11.6 Å². The van der Waals surface area contributed by atoms with Gasteiger partial charge >= 0.3 is 0 Å². The summed E-state index contributed by atoms with van der Waals surface area (Å²) >= 11 is 14.2. The average Bonchev–Trinajstić information content (AvgIpc) is 2.57. The number of hydrogen-bond acceptors (Lipinski definition) is 5. The zero-order valence-corrected chi connectivity index (χ0v) is 17.4. The van der Waals surface area contributed by atoms with E-state index < -0.39 is 10.8 Å². The highest BCUT2D eigenvalue weighted by Gasteiger charge is 2.17. The number of carbonyl (C=O) groups is 1. The Balaban J connectivity index is 2.15. The van der Waals surface area contributed by atoms with Crippen molar-refractivity contribution < 1.29 is 14.5 Å². The van der Waals surface area contributed by atoms with Crippen LogP contribution in [0.5, 0.6) is 5.75 Å². The number of hydrogen-bond donors (Lipinski definition) is 2. The van der Waals surface area contributed by atoms with Crippen LogP contribution in [-0.2, 0) is 0 Å². The monoisotopic (exact) mass is 471 g/mol. The topological polar surface area (TPSA) is 93.5 Å². The van der Waals surface area contributed by atoms with Crippen molar-refractivity contribution in [3.05, 3.63) is 61.6 Å². The summed E-state index contributed by atoms with van der Waals surface area (Å²) in [6.07, 6.45) is -0.114. The van der Waals surface area contributed by atoms with Crippen LogP contribution in [0.25, 0.3) is 0 Å². The van der Waals surface area contributed by atoms with E-state index in [2.05, 4.69) is 26.6 Å². The van der Waals surface area contributed by atoms with E-state index in [9.17, 15) is 14.9 Å². The highest BCUT2D eigenvalue weighted by Crippen LogP contribution is 2.27. The van der Waals surface area contributed by atoms with Crippen LogP contribution in [0, 0.1) is 10.1 Å². The van der Waals surface area contributed by atoms with Gasteiger partial charge in [0.05, 0.1) is 16.6 Å². The second kappa shape index (κ2) is 9.12. The summed E-state index contributed by atoms with van der Waals surface area (Å²) in [5.41, 5.74) is 0.351. The minimum absolute atomic E-state index is 0.00474. The fourth-order valence-electron chi connectivity index (χ4n) is 2.10. The number of anilines is 1. The Morgan fingerprint density at radius 3 is 2.63 bits per heavy atom. The summed E-state index contributed by atoms with van der Waals surface area (Å²) in [6, 6.07) is 9.17. The molecule has 0 heterocycles. The lowest BCUT2D eigenvalue weighted by molar-refractivity contribution is -0.384. The third kappa shape index (κ3) is 5.88. The van der Waals surface area contributed by atoms with Gasteiger partial charge < -0.3 is 10.1 Å². The number of nitro groups is 1. The molecule has 0 saturated heterocycles. The molecule has 0 aliphatic heterocycles. The van der Waals surface area contributed by atoms with Crippen LogP contribution in [0.4, 0.5) is 11.4 Å². The van der Waals surface area contributed by atoms with Gasteiger partial charge in [0.1, 0.15) is 10.8 Å². The molecule has 0 aliphatic rings. The summed E-state index contributed by atoms with van der Waals surface area (Å²) < 4.78 is 6.35. The Bertz CT molecular complexity index is 908. The zero-order valence-electron chi connectivity index (χ0n) is 14.3. The number of ether oxygens (including phenoxy) is 1. The van der Waals surface area contributed by atoms with E-state index in [0.29, 0.717) is 21.5 Å². The lowest BCUT2D eigenvalue weighted by atomic mass is 10.2. The van der Waals surface area contributed by atoms with Crippen molar-refractivity contribution in [2.24, 2.45) is 0 Å². The summed E-state index contributed by atoms with van der Waals surface area (Å²) in [7, 11) is 0. The molecule has 0 fully saturated rings. The van der Waals surface area contributed by atoms with Crippen molar-refractivity contribution in [1.82, 2.24) is 5.32 Å². The molecule has 0 spiro atoms. The second-order valence-electron chi connectivity index (χ2n) is 5.64. The molecule has 2 rings (SSSR count). The number of carbonyl (C=O) groups excluding carboxylic acids is 1. The number of nitrogens with one attached hydrogen (secondary N) is 2. The van der Waals surface area contributed by atoms with Crippen LogP contribution < -0.4 is 15.4 Å². The van der Waals surface area contributed by atoms with Crippen LogP contribution in [-0.4, -0.2) is 22.0 Å². The Labute approximate surface area is 174 Å². The van der Waals surface area contributed by atoms with Gasteiger partial charge in [0, 0.05) is 16.2 Å². The molecule has 142 valence electrons. The maximum absolute atomic E-state index is 12.6. The normalized spacial score (nSPS) is 10.4. The van der Waals surface area contributed by atoms with Crippen LogP contribution in [0.15, 0.2) is 40.9 Å². The molecule has 0 unspecified atom stereocenters. The first kappa shape index (κ1) is 21.1. The number of nitro benzene ring substituents is 1. The number of amides is 1. The Hall–Kier alpha value is -2.23. The minimum atomic E-state index is -0.605. The Morgan fingerprint density at radius 2 is 2.00 bits per heavy atom. The lowest BCUT2D eigenvalue weighted by Gasteiger charge is -2.15. The standard InChI is InChI=1S/C17H15BrClN3O4S/c1-9(2)26-15-6-3-10(18)7-12(15)16(23)21-17(27)20-11-4-5-13(19)14(8-11)22(24)25/h3-9H,1-2H3,(H2,20,21,23,27). The summed E-state index contributed by atoms with van der Waals surface area (Å²) in [5.74, 6) is -0.0662. The van der Waals surface area contributed by atoms with Crippen molar-refractivity contribution in [1.29, 1.82) is 0 Å². The maximum Gasteiger partial charge on any atom is 0.289 e. The van der Waals surface area contributed by atoms with Crippen LogP contribution in [0.2, 0.25) is 5.02 Å². The molecule has 0 aliphatic carbocycles. The molecular weight excluding hydrogens is 458 g/mol. The van der Waals surface area contributed by atoms with E-state index in [1.165, 1.54) is 18.2 Å². The molecule has 2 aromatic carbocycles. The lowest BCUT2D eigenvalue weighted by Crippen LogP contribution is -2.34. The molecule has 27 heavy (non-hydrogen) atoms. The first-order valence-electron chi connectivity index (χ1n) is 7.70. The third-order valence-corrected chi connectivity index (χ3v) is 4.19. The zero-order chi connectivity index (χ0) is 20.1. The van der Waals surface area contributed by atoms with Crippen molar-refractivity contribution in [2.45, 2.75) is 20.0 Å². The second-order valence-corrected chi connectivity index (χ2v) is 7.37. The molecule has 0 bridgehead atoms. The number of halogens is 2. The van der Waals surface area contributed by atoms with E-state index in [1.807, 2.05) is 13.8 Å². The molecule has 1 amide bonds.